The van der Waals surface area contributed by atoms with Gasteiger partial charge in [-0.25, -0.2) is 9.13 Å². The molecule has 0 rings (SSSR count). The Morgan fingerprint density at radius 2 is 0.510 bits per heavy atom. The molecule has 0 amide bonds. The SMILES string of the molecule is CC/C=C\C/C=C\C/C=C\C/C=C\CCCCCCCCC(=O)OCC(COP(=O)(O)OCC(O)COP(=O)(O)OCC(COC(=O)CCCCCCCCC/C=C\C/C=C\C/C=C\CC)OC(=O)CCCCCCCCCCCCC)OC(=O)CCCCCCCCCCCCCCCCC. The molecule has 0 saturated carbocycles. The summed E-state index contributed by atoms with van der Waals surface area (Å²) >= 11 is 0. The summed E-state index contributed by atoms with van der Waals surface area (Å²) in [6.45, 7) is 4.69. The molecule has 5 atom stereocenters. The Hall–Kier alpha value is -3.76. The second-order valence-corrected chi connectivity index (χ2v) is 30.2. The number of hydrogen-bond acceptors (Lipinski definition) is 15. The maximum atomic E-state index is 13.1. The van der Waals surface area contributed by atoms with Gasteiger partial charge in [0.1, 0.15) is 19.3 Å². The molecule has 102 heavy (non-hydrogen) atoms. The fraction of sp³-hybridized carbons (Fsp3) is 0.783. The molecule has 0 saturated heterocycles. The summed E-state index contributed by atoms with van der Waals surface area (Å²) in [7, 11) is -9.95. The third-order valence-corrected chi connectivity index (χ3v) is 19.3. The van der Waals surface area contributed by atoms with Gasteiger partial charge in [-0.2, -0.15) is 0 Å². The van der Waals surface area contributed by atoms with Crippen molar-refractivity contribution < 1.29 is 80.2 Å². The average Bonchev–Trinajstić information content (AvgIpc) is 0.939. The van der Waals surface area contributed by atoms with Gasteiger partial charge in [0.05, 0.1) is 26.4 Å². The molecular formula is C83H148O17P2. The number of aliphatic hydroxyl groups is 1. The van der Waals surface area contributed by atoms with Gasteiger partial charge in [0.25, 0.3) is 0 Å². The van der Waals surface area contributed by atoms with Crippen LogP contribution in [-0.2, 0) is 65.4 Å². The first-order valence-electron chi connectivity index (χ1n) is 40.8. The minimum atomic E-state index is -4.98. The Bertz CT molecular complexity index is 2260. The minimum Gasteiger partial charge on any atom is -0.462 e. The lowest BCUT2D eigenvalue weighted by Crippen LogP contribution is -2.30. The van der Waals surface area contributed by atoms with Crippen LogP contribution in [0, 0.1) is 0 Å². The van der Waals surface area contributed by atoms with E-state index >= 15 is 0 Å². The molecule has 3 N–H and O–H groups in total. The van der Waals surface area contributed by atoms with Gasteiger partial charge in [-0.1, -0.05) is 325 Å². The van der Waals surface area contributed by atoms with Crippen LogP contribution in [-0.4, -0.2) is 96.7 Å². The maximum absolute atomic E-state index is 13.1. The lowest BCUT2D eigenvalue weighted by atomic mass is 10.0. The predicted octanol–water partition coefficient (Wildman–Crippen LogP) is 23.8. The number of unbranched alkanes of at least 4 members (excludes halogenated alkanes) is 37. The second kappa shape index (κ2) is 75.5. The summed E-state index contributed by atoms with van der Waals surface area (Å²) in [4.78, 5) is 73.0. The lowest BCUT2D eigenvalue weighted by molar-refractivity contribution is -0.161. The highest BCUT2D eigenvalue weighted by Gasteiger charge is 2.30. The highest BCUT2D eigenvalue weighted by atomic mass is 31.2. The van der Waals surface area contributed by atoms with E-state index in [0.717, 1.165) is 180 Å². The van der Waals surface area contributed by atoms with E-state index in [1.807, 2.05) is 0 Å². The van der Waals surface area contributed by atoms with E-state index in [1.54, 1.807) is 0 Å². The van der Waals surface area contributed by atoms with Crippen LogP contribution in [0.2, 0.25) is 0 Å². The van der Waals surface area contributed by atoms with Gasteiger partial charge >= 0.3 is 39.5 Å². The van der Waals surface area contributed by atoms with Crippen LogP contribution in [0.4, 0.5) is 0 Å². The molecule has 0 bridgehead atoms. The van der Waals surface area contributed by atoms with E-state index in [4.69, 9.17) is 37.0 Å². The zero-order chi connectivity index (χ0) is 74.6. The monoisotopic (exact) mass is 1480 g/mol. The zero-order valence-corrected chi connectivity index (χ0v) is 66.6. The summed E-state index contributed by atoms with van der Waals surface area (Å²) in [5.41, 5.74) is 0. The molecule has 0 heterocycles. The summed E-state index contributed by atoms with van der Waals surface area (Å²) < 4.78 is 68.6. The van der Waals surface area contributed by atoms with Gasteiger partial charge in [0.2, 0.25) is 0 Å². The fourth-order valence-electron chi connectivity index (χ4n) is 11.2. The van der Waals surface area contributed by atoms with Crippen LogP contribution < -0.4 is 0 Å². The van der Waals surface area contributed by atoms with Gasteiger partial charge in [-0.05, 0) is 96.3 Å². The Balaban J connectivity index is 5.30. The number of phosphoric acid groups is 2. The molecule has 0 aromatic carbocycles. The molecule has 0 aromatic heterocycles. The van der Waals surface area contributed by atoms with Gasteiger partial charge in [0, 0.05) is 25.7 Å². The van der Waals surface area contributed by atoms with E-state index in [2.05, 4.69) is 113 Å². The first-order valence-corrected chi connectivity index (χ1v) is 43.8. The molecule has 592 valence electrons. The molecule has 0 aliphatic heterocycles. The van der Waals surface area contributed by atoms with Crippen LogP contribution >= 0.6 is 15.6 Å². The molecule has 0 aliphatic carbocycles. The maximum Gasteiger partial charge on any atom is 0.472 e. The Labute approximate surface area is 621 Å². The quantitative estimate of drug-likeness (QED) is 0.0169. The van der Waals surface area contributed by atoms with E-state index in [9.17, 15) is 43.2 Å². The number of rotatable bonds is 77. The molecule has 0 spiro atoms. The Morgan fingerprint density at radius 1 is 0.284 bits per heavy atom. The molecule has 0 aliphatic rings. The summed E-state index contributed by atoms with van der Waals surface area (Å²) in [5.74, 6) is -2.17. The van der Waals surface area contributed by atoms with Crippen LogP contribution in [0.25, 0.3) is 0 Å². The largest absolute Gasteiger partial charge is 0.472 e. The normalized spacial score (nSPS) is 14.3. The van der Waals surface area contributed by atoms with Crippen LogP contribution in [0.15, 0.2) is 85.1 Å². The van der Waals surface area contributed by atoms with Crippen molar-refractivity contribution in [3.63, 3.8) is 0 Å². The first-order chi connectivity index (χ1) is 49.7. The van der Waals surface area contributed by atoms with Crippen molar-refractivity contribution in [2.75, 3.05) is 39.6 Å². The molecule has 0 aromatic rings. The van der Waals surface area contributed by atoms with Crippen LogP contribution in [0.3, 0.4) is 0 Å². The van der Waals surface area contributed by atoms with E-state index < -0.39 is 97.5 Å². The standard InChI is InChI=1S/C83H148O17P2/c1-5-9-13-17-21-25-29-32-35-37-38-40-43-45-49-52-56-60-64-68-81(86)94-74-79(100-83(88)70-66-62-58-54-50-46-41-34-31-27-23-19-15-11-7-3)76-98-102(91,92)96-72-77(84)71-95-101(89,90)97-75-78(99-82(87)69-65-61-57-53-47-28-24-20-16-12-8-4)73-93-80(85)67-63-59-55-51-48-44-42-39-36-33-30-26-22-18-14-10-6-2/h9-10,13-14,21-22,25-26,32-33,35-36,38,40,77-79,84H,5-8,11-12,15-20,23-24,27-31,34,37,39,41-76H2,1-4H3,(H,89,90)(H,91,92)/b13-9-,14-10-,25-21-,26-22-,35-32-,36-33-,40-38-. The number of hydrogen-bond donors (Lipinski definition) is 3. The average molecular weight is 1480 g/mol. The molecule has 5 unspecified atom stereocenters. The highest BCUT2D eigenvalue weighted by molar-refractivity contribution is 7.47. The van der Waals surface area contributed by atoms with Gasteiger partial charge in [-0.15, -0.1) is 0 Å². The Morgan fingerprint density at radius 3 is 0.784 bits per heavy atom. The number of carbonyl (C=O) groups excluding carboxylic acids is 4. The fourth-order valence-corrected chi connectivity index (χ4v) is 12.8. The van der Waals surface area contributed by atoms with Crippen molar-refractivity contribution >= 4 is 39.5 Å². The third kappa shape index (κ3) is 74.5. The van der Waals surface area contributed by atoms with Crippen molar-refractivity contribution in [1.82, 2.24) is 0 Å². The van der Waals surface area contributed by atoms with Gasteiger partial charge < -0.3 is 33.8 Å². The minimum absolute atomic E-state index is 0.0967. The zero-order valence-electron chi connectivity index (χ0n) is 64.8. The first kappa shape index (κ1) is 98.2. The third-order valence-electron chi connectivity index (χ3n) is 17.4. The Kier molecular flexibility index (Phi) is 72.7. The predicted molar refractivity (Wildman–Crippen MR) is 418 cm³/mol. The molecule has 0 radical (unpaired) electrons. The van der Waals surface area contributed by atoms with Crippen LogP contribution in [0.5, 0.6) is 0 Å². The summed E-state index contributed by atoms with van der Waals surface area (Å²) in [6.07, 6.45) is 78.4. The number of esters is 4. The number of phosphoric ester groups is 2. The highest BCUT2D eigenvalue weighted by Crippen LogP contribution is 2.45. The number of allylic oxidation sites excluding steroid dienone is 14. The topological polar surface area (TPSA) is 237 Å². The number of carbonyl (C=O) groups is 4. The van der Waals surface area contributed by atoms with Crippen molar-refractivity contribution in [2.24, 2.45) is 0 Å². The van der Waals surface area contributed by atoms with Gasteiger partial charge in [-0.3, -0.25) is 37.3 Å². The number of ether oxygens (including phenoxy) is 4. The smallest absolute Gasteiger partial charge is 0.462 e. The van der Waals surface area contributed by atoms with Crippen molar-refractivity contribution in [3.05, 3.63) is 85.1 Å². The summed E-state index contributed by atoms with van der Waals surface area (Å²) in [6, 6.07) is 0. The number of aliphatic hydroxyl groups excluding tert-OH is 1. The molecule has 0 fully saturated rings. The summed E-state index contributed by atoms with van der Waals surface area (Å²) in [5, 5.41) is 10.6. The van der Waals surface area contributed by atoms with Crippen LogP contribution in [0.1, 0.15) is 362 Å². The molecule has 19 heteroatoms. The van der Waals surface area contributed by atoms with E-state index in [-0.39, 0.29) is 25.7 Å². The molecule has 17 nitrogen and oxygen atoms in total. The van der Waals surface area contributed by atoms with Gasteiger partial charge in [0.15, 0.2) is 12.2 Å². The van der Waals surface area contributed by atoms with E-state index in [0.29, 0.717) is 25.7 Å². The van der Waals surface area contributed by atoms with Crippen molar-refractivity contribution in [2.45, 2.75) is 380 Å². The second-order valence-electron chi connectivity index (χ2n) is 27.3. The van der Waals surface area contributed by atoms with E-state index in [1.165, 1.54) is 103 Å². The molecular weight excluding hydrogens is 1330 g/mol. The lowest BCUT2D eigenvalue weighted by Gasteiger charge is -2.21. The van der Waals surface area contributed by atoms with Crippen molar-refractivity contribution in [3.8, 4) is 0 Å². The van der Waals surface area contributed by atoms with Crippen molar-refractivity contribution in [1.29, 1.82) is 0 Å².